The average Bonchev–Trinajstić information content (AvgIpc) is 3.05. The molecule has 0 fully saturated rings. The van der Waals surface area contributed by atoms with Crippen LogP contribution in [0.4, 0.5) is 11.4 Å². The fraction of sp³-hybridized carbons (Fsp3) is 0.185. The van der Waals surface area contributed by atoms with Gasteiger partial charge in [-0.3, -0.25) is 9.59 Å². The first-order valence-electron chi connectivity index (χ1n) is 10.6. The van der Waals surface area contributed by atoms with E-state index in [4.69, 9.17) is 9.47 Å². The number of hydrogen-bond donors (Lipinski definition) is 1. The first-order valence-corrected chi connectivity index (χ1v) is 10.6. The summed E-state index contributed by atoms with van der Waals surface area (Å²) >= 11 is 0. The molecule has 6 nitrogen and oxygen atoms in total. The fourth-order valence-corrected chi connectivity index (χ4v) is 3.83. The van der Waals surface area contributed by atoms with Crippen LogP contribution in [0.1, 0.15) is 22.3 Å². The third-order valence-electron chi connectivity index (χ3n) is 5.70. The Balaban J connectivity index is 1.88. The van der Waals surface area contributed by atoms with Crippen molar-refractivity contribution in [1.82, 2.24) is 0 Å². The van der Waals surface area contributed by atoms with E-state index < -0.39 is 11.8 Å². The molecule has 6 heteroatoms. The van der Waals surface area contributed by atoms with E-state index in [9.17, 15) is 9.59 Å². The van der Waals surface area contributed by atoms with Crippen LogP contribution >= 0.6 is 0 Å². The Morgan fingerprint density at radius 1 is 0.758 bits per heavy atom. The highest BCUT2D eigenvalue weighted by atomic mass is 16.5. The van der Waals surface area contributed by atoms with Gasteiger partial charge in [0.1, 0.15) is 17.2 Å². The Hall–Kier alpha value is -4.06. The molecule has 1 heterocycles. The predicted molar refractivity (Wildman–Crippen MR) is 130 cm³/mol. The summed E-state index contributed by atoms with van der Waals surface area (Å²) in [7, 11) is 3.03. The first kappa shape index (κ1) is 22.1. The lowest BCUT2D eigenvalue weighted by atomic mass is 10.0. The number of nitrogens with one attached hydrogen (secondary N) is 1. The summed E-state index contributed by atoms with van der Waals surface area (Å²) in [4.78, 5) is 28.6. The number of hydrogen-bond acceptors (Lipinski definition) is 5. The molecule has 0 radical (unpaired) electrons. The second-order valence-corrected chi connectivity index (χ2v) is 8.04. The molecule has 0 atom stereocenters. The van der Waals surface area contributed by atoms with Gasteiger partial charge in [0.2, 0.25) is 0 Å². The van der Waals surface area contributed by atoms with Gasteiger partial charge < -0.3 is 14.8 Å². The summed E-state index contributed by atoms with van der Waals surface area (Å²) in [6.45, 7) is 5.91. The molecule has 0 aromatic heterocycles. The van der Waals surface area contributed by atoms with E-state index in [1.54, 1.807) is 18.2 Å². The number of imide groups is 1. The quantitative estimate of drug-likeness (QED) is 0.543. The monoisotopic (exact) mass is 442 g/mol. The zero-order valence-electron chi connectivity index (χ0n) is 19.4. The predicted octanol–water partition coefficient (Wildman–Crippen LogP) is 5.03. The smallest absolute Gasteiger partial charge is 0.282 e. The number of aryl methyl sites for hydroxylation is 3. The van der Waals surface area contributed by atoms with Crippen molar-refractivity contribution < 1.29 is 19.1 Å². The maximum Gasteiger partial charge on any atom is 0.282 e. The van der Waals surface area contributed by atoms with E-state index in [2.05, 4.69) is 5.32 Å². The van der Waals surface area contributed by atoms with E-state index in [1.165, 1.54) is 14.2 Å². The standard InChI is InChI=1S/C27H26N2O4/c1-16-7-10-19(11-8-16)24-25(28-21-14-17(2)6-9-18(21)3)27(31)29(26(24)30)22-15-20(32-4)12-13-23(22)33-5/h6-15,28H,1-5H3. The maximum atomic E-state index is 13.7. The largest absolute Gasteiger partial charge is 0.497 e. The average molecular weight is 443 g/mol. The topological polar surface area (TPSA) is 67.9 Å². The van der Waals surface area contributed by atoms with E-state index in [-0.39, 0.29) is 5.70 Å². The lowest BCUT2D eigenvalue weighted by Crippen LogP contribution is -2.32. The fourth-order valence-electron chi connectivity index (χ4n) is 3.83. The molecule has 168 valence electrons. The summed E-state index contributed by atoms with van der Waals surface area (Å²) in [5.41, 5.74) is 5.37. The van der Waals surface area contributed by atoms with Crippen molar-refractivity contribution in [2.45, 2.75) is 20.8 Å². The Morgan fingerprint density at radius 3 is 2.12 bits per heavy atom. The number of carbonyl (C=O) groups excluding carboxylic acids is 2. The second-order valence-electron chi connectivity index (χ2n) is 8.04. The van der Waals surface area contributed by atoms with E-state index in [0.717, 1.165) is 27.3 Å². The van der Waals surface area contributed by atoms with Crippen molar-refractivity contribution in [3.8, 4) is 11.5 Å². The van der Waals surface area contributed by atoms with E-state index in [0.29, 0.717) is 28.3 Å². The van der Waals surface area contributed by atoms with Gasteiger partial charge in [-0.05, 0) is 55.7 Å². The first-order chi connectivity index (χ1) is 15.8. The van der Waals surface area contributed by atoms with Gasteiger partial charge in [-0.2, -0.15) is 0 Å². The zero-order valence-corrected chi connectivity index (χ0v) is 19.4. The molecular formula is C27H26N2O4. The lowest BCUT2D eigenvalue weighted by molar-refractivity contribution is -0.120. The Kier molecular flexibility index (Phi) is 5.92. The molecule has 1 N–H and O–H groups in total. The normalized spacial score (nSPS) is 13.5. The molecule has 0 bridgehead atoms. The summed E-state index contributed by atoms with van der Waals surface area (Å²) in [5.74, 6) is 0.0270. The Bertz CT molecular complexity index is 1280. The summed E-state index contributed by atoms with van der Waals surface area (Å²) < 4.78 is 10.8. The van der Waals surface area contributed by atoms with Crippen LogP contribution in [-0.4, -0.2) is 26.0 Å². The Labute approximate surface area is 193 Å². The zero-order chi connectivity index (χ0) is 23.7. The number of benzene rings is 3. The van der Waals surface area contributed by atoms with Crippen LogP contribution in [0.25, 0.3) is 5.57 Å². The highest BCUT2D eigenvalue weighted by Crippen LogP contribution is 2.40. The Morgan fingerprint density at radius 2 is 1.45 bits per heavy atom. The van der Waals surface area contributed by atoms with Crippen molar-refractivity contribution in [2.24, 2.45) is 0 Å². The molecule has 0 spiro atoms. The van der Waals surface area contributed by atoms with Gasteiger partial charge in [0.15, 0.2) is 0 Å². The molecule has 0 aliphatic carbocycles. The number of nitrogens with zero attached hydrogens (tertiary/aromatic N) is 1. The van der Waals surface area contributed by atoms with Crippen LogP contribution in [0.15, 0.2) is 66.4 Å². The summed E-state index contributed by atoms with van der Waals surface area (Å²) in [6.07, 6.45) is 0. The van der Waals surface area contributed by atoms with E-state index in [1.807, 2.05) is 63.2 Å². The molecule has 0 saturated heterocycles. The van der Waals surface area contributed by atoms with Gasteiger partial charge in [0.05, 0.1) is 25.5 Å². The number of rotatable bonds is 6. The van der Waals surface area contributed by atoms with Crippen LogP contribution in [0.3, 0.4) is 0 Å². The van der Waals surface area contributed by atoms with Crippen LogP contribution in [-0.2, 0) is 9.59 Å². The second kappa shape index (κ2) is 8.82. The SMILES string of the molecule is COc1ccc(OC)c(N2C(=O)C(Nc3cc(C)ccc3C)=C(c3ccc(C)cc3)C2=O)c1. The van der Waals surface area contributed by atoms with Crippen LogP contribution in [0.5, 0.6) is 11.5 Å². The van der Waals surface area contributed by atoms with Gasteiger partial charge in [-0.1, -0.05) is 42.0 Å². The third kappa shape index (κ3) is 4.07. The van der Waals surface area contributed by atoms with Gasteiger partial charge >= 0.3 is 0 Å². The van der Waals surface area contributed by atoms with Gasteiger partial charge in [-0.25, -0.2) is 4.90 Å². The van der Waals surface area contributed by atoms with E-state index >= 15 is 0 Å². The highest BCUT2D eigenvalue weighted by Gasteiger charge is 2.41. The number of ether oxygens (including phenoxy) is 2. The molecule has 3 aromatic rings. The van der Waals surface area contributed by atoms with Crippen molar-refractivity contribution in [1.29, 1.82) is 0 Å². The van der Waals surface area contributed by atoms with Crippen molar-refractivity contribution in [2.75, 3.05) is 24.4 Å². The number of methoxy groups -OCH3 is 2. The van der Waals surface area contributed by atoms with Crippen molar-refractivity contribution in [3.63, 3.8) is 0 Å². The molecule has 2 amide bonds. The lowest BCUT2D eigenvalue weighted by Gasteiger charge is -2.19. The molecular weight excluding hydrogens is 416 g/mol. The molecule has 1 aliphatic rings. The van der Waals surface area contributed by atoms with Crippen molar-refractivity contribution >= 4 is 28.8 Å². The van der Waals surface area contributed by atoms with Gasteiger partial charge in [0.25, 0.3) is 11.8 Å². The molecule has 0 saturated carbocycles. The molecule has 0 unspecified atom stereocenters. The van der Waals surface area contributed by atoms with Crippen LogP contribution in [0, 0.1) is 20.8 Å². The summed E-state index contributed by atoms with van der Waals surface area (Å²) in [5, 5.41) is 3.25. The minimum Gasteiger partial charge on any atom is -0.497 e. The molecule has 1 aliphatic heterocycles. The van der Waals surface area contributed by atoms with Crippen LogP contribution < -0.4 is 19.7 Å². The molecule has 33 heavy (non-hydrogen) atoms. The highest BCUT2D eigenvalue weighted by molar-refractivity contribution is 6.46. The molecule has 4 rings (SSSR count). The molecule has 3 aromatic carbocycles. The van der Waals surface area contributed by atoms with Gasteiger partial charge in [-0.15, -0.1) is 0 Å². The summed E-state index contributed by atoms with van der Waals surface area (Å²) in [6, 6.07) is 18.5. The number of amides is 2. The van der Waals surface area contributed by atoms with Crippen molar-refractivity contribution in [3.05, 3.63) is 88.6 Å². The van der Waals surface area contributed by atoms with Gasteiger partial charge in [0, 0.05) is 11.8 Å². The number of anilines is 2. The maximum absolute atomic E-state index is 13.7. The number of carbonyl (C=O) groups is 2. The minimum atomic E-state index is -0.456. The minimum absolute atomic E-state index is 0.224. The van der Waals surface area contributed by atoms with Crippen LogP contribution in [0.2, 0.25) is 0 Å². The third-order valence-corrected chi connectivity index (χ3v) is 5.70.